The lowest BCUT2D eigenvalue weighted by Crippen LogP contribution is -2.18. The van der Waals surface area contributed by atoms with E-state index in [4.69, 9.17) is 10.5 Å². The van der Waals surface area contributed by atoms with E-state index in [1.807, 2.05) is 54.6 Å². The summed E-state index contributed by atoms with van der Waals surface area (Å²) in [5, 5.41) is 4.71. The Morgan fingerprint density at radius 3 is 1.91 bits per heavy atom. The smallest absolute Gasteiger partial charge is 0.329 e. The number of rotatable bonds is 4. The first kappa shape index (κ1) is 26.6. The Kier molecular flexibility index (Phi) is 10.8. The summed E-state index contributed by atoms with van der Waals surface area (Å²) < 4.78 is 8.85. The number of nitrogens with two attached hydrogens (primary N) is 1. The molecule has 0 aliphatic carbocycles. The molecule has 4 aromatic carbocycles. The first-order valence-electron chi connectivity index (χ1n) is 10.5. The van der Waals surface area contributed by atoms with Crippen LogP contribution in [0.4, 0.5) is 5.69 Å². The molecule has 1 atom stereocenters. The van der Waals surface area contributed by atoms with Gasteiger partial charge in [0.05, 0.1) is 14.2 Å². The largest absolute Gasteiger partial charge is 0.468 e. The predicted molar refractivity (Wildman–Crippen MR) is 143 cm³/mol. The van der Waals surface area contributed by atoms with Gasteiger partial charge >= 0.3 is 11.9 Å². The van der Waals surface area contributed by atoms with Crippen LogP contribution in [0.1, 0.15) is 5.56 Å². The third kappa shape index (κ3) is 7.74. The number of methoxy groups -OCH3 is 2. The fourth-order valence-electron chi connectivity index (χ4n) is 3.21. The van der Waals surface area contributed by atoms with Gasteiger partial charge < -0.3 is 15.2 Å². The van der Waals surface area contributed by atoms with Gasteiger partial charge in [-0.15, -0.1) is 0 Å². The molecule has 0 saturated heterocycles. The van der Waals surface area contributed by atoms with Gasteiger partial charge in [0.25, 0.3) is 0 Å². The lowest BCUT2D eigenvalue weighted by Gasteiger charge is -2.10. The van der Waals surface area contributed by atoms with Crippen molar-refractivity contribution in [1.29, 1.82) is 0 Å². The van der Waals surface area contributed by atoms with Gasteiger partial charge in [-0.05, 0) is 34.2 Å². The summed E-state index contributed by atoms with van der Waals surface area (Å²) in [6.45, 7) is 3.16. The second-order valence-corrected chi connectivity index (χ2v) is 8.23. The average molecular weight is 522 g/mol. The van der Waals surface area contributed by atoms with Crippen molar-refractivity contribution < 1.29 is 19.1 Å². The molecule has 0 bridgehead atoms. The van der Waals surface area contributed by atoms with Crippen molar-refractivity contribution in [3.05, 3.63) is 103 Å². The fourth-order valence-corrected chi connectivity index (χ4v) is 3.74. The number of esters is 2. The van der Waals surface area contributed by atoms with Gasteiger partial charge in [-0.3, -0.25) is 4.79 Å². The Labute approximate surface area is 208 Å². The van der Waals surface area contributed by atoms with Crippen molar-refractivity contribution in [1.82, 2.24) is 0 Å². The van der Waals surface area contributed by atoms with Crippen LogP contribution in [0.15, 0.2) is 97.6 Å². The van der Waals surface area contributed by atoms with Gasteiger partial charge in [-0.2, -0.15) is 0 Å². The topological polar surface area (TPSA) is 78.6 Å². The molecule has 4 rings (SSSR count). The summed E-state index contributed by atoms with van der Waals surface area (Å²) in [5.41, 5.74) is 7.75. The van der Waals surface area contributed by atoms with E-state index >= 15 is 0 Å². The maximum atomic E-state index is 11.4. The minimum Gasteiger partial charge on any atom is -0.468 e. The van der Waals surface area contributed by atoms with Crippen LogP contribution >= 0.6 is 15.9 Å². The zero-order valence-electron chi connectivity index (χ0n) is 19.2. The zero-order valence-corrected chi connectivity index (χ0v) is 20.8. The first-order chi connectivity index (χ1) is 16.4. The van der Waals surface area contributed by atoms with E-state index in [0.717, 1.165) is 22.7 Å². The zero-order chi connectivity index (χ0) is 24.9. The standard InChI is InChI=1S/C14H13BrO2.C10H9N.C4H6O2/c1-17-14(16)13(15)9-11-7-4-6-10-5-2-3-8-12(10)11;11-10-7-3-5-8-4-1-2-6-9(8)10;1-3-4(5)6-2/h2-8,13H,9H2,1H3;1-7H,11H2;3H,1H2,2H3. The molecular formula is C28H28BrNO4. The summed E-state index contributed by atoms with van der Waals surface area (Å²) in [5.74, 6) is -0.632. The summed E-state index contributed by atoms with van der Waals surface area (Å²) in [6.07, 6.45) is 1.74. The highest BCUT2D eigenvalue weighted by molar-refractivity contribution is 9.10. The summed E-state index contributed by atoms with van der Waals surface area (Å²) >= 11 is 3.35. The summed E-state index contributed by atoms with van der Waals surface area (Å²) in [4.78, 5) is 20.9. The number of hydrogen-bond donors (Lipinski definition) is 1. The number of hydrogen-bond acceptors (Lipinski definition) is 5. The van der Waals surface area contributed by atoms with E-state index in [-0.39, 0.29) is 10.8 Å². The number of fused-ring (bicyclic) bond motifs is 2. The molecule has 0 aliphatic rings. The van der Waals surface area contributed by atoms with Crippen LogP contribution in [0.2, 0.25) is 0 Å². The van der Waals surface area contributed by atoms with Crippen molar-refractivity contribution in [3.63, 3.8) is 0 Å². The van der Waals surface area contributed by atoms with Crippen LogP contribution in [0.3, 0.4) is 0 Å². The second kappa shape index (κ2) is 13.8. The fraction of sp³-hybridized carbons (Fsp3) is 0.143. The monoisotopic (exact) mass is 521 g/mol. The quantitative estimate of drug-likeness (QED) is 0.152. The van der Waals surface area contributed by atoms with Crippen molar-refractivity contribution in [3.8, 4) is 0 Å². The summed E-state index contributed by atoms with van der Waals surface area (Å²) in [7, 11) is 2.71. The van der Waals surface area contributed by atoms with E-state index in [2.05, 4.69) is 57.6 Å². The maximum absolute atomic E-state index is 11.4. The maximum Gasteiger partial charge on any atom is 0.329 e. The van der Waals surface area contributed by atoms with Gasteiger partial charge in [-0.25, -0.2) is 4.79 Å². The van der Waals surface area contributed by atoms with Gasteiger partial charge in [0.15, 0.2) is 0 Å². The highest BCUT2D eigenvalue weighted by Gasteiger charge is 2.16. The first-order valence-corrected chi connectivity index (χ1v) is 11.4. The Morgan fingerprint density at radius 2 is 1.38 bits per heavy atom. The molecule has 34 heavy (non-hydrogen) atoms. The third-order valence-electron chi connectivity index (χ3n) is 4.93. The van der Waals surface area contributed by atoms with Gasteiger partial charge in [0, 0.05) is 17.1 Å². The number of nitrogen functional groups attached to an aromatic ring is 1. The van der Waals surface area contributed by atoms with Crippen LogP contribution in [-0.4, -0.2) is 31.0 Å². The van der Waals surface area contributed by atoms with Crippen molar-refractivity contribution >= 4 is 55.1 Å². The highest BCUT2D eigenvalue weighted by atomic mass is 79.9. The molecule has 0 aliphatic heterocycles. The second-order valence-electron chi connectivity index (χ2n) is 7.13. The number of carbonyl (C=O) groups excluding carboxylic acids is 2. The van der Waals surface area contributed by atoms with Crippen LogP contribution in [0, 0.1) is 0 Å². The normalized spacial score (nSPS) is 10.7. The highest BCUT2D eigenvalue weighted by Crippen LogP contribution is 2.22. The third-order valence-corrected chi connectivity index (χ3v) is 5.62. The van der Waals surface area contributed by atoms with Crippen molar-refractivity contribution in [2.75, 3.05) is 20.0 Å². The van der Waals surface area contributed by atoms with Gasteiger partial charge in [0.1, 0.15) is 4.83 Å². The minimum atomic E-state index is -0.394. The Hall–Kier alpha value is -3.64. The van der Waals surface area contributed by atoms with Gasteiger partial charge in [-0.1, -0.05) is 101 Å². The number of ether oxygens (including phenoxy) is 2. The van der Waals surface area contributed by atoms with E-state index < -0.39 is 5.97 Å². The molecule has 6 heteroatoms. The molecule has 0 fully saturated rings. The molecule has 0 heterocycles. The lowest BCUT2D eigenvalue weighted by molar-refractivity contribution is -0.139. The molecule has 0 amide bonds. The number of halogens is 1. The number of carbonyl (C=O) groups is 2. The number of anilines is 1. The molecule has 2 N–H and O–H groups in total. The molecular weight excluding hydrogens is 494 g/mol. The van der Waals surface area contributed by atoms with E-state index in [1.54, 1.807) is 0 Å². The molecule has 4 aromatic rings. The Balaban J connectivity index is 0.000000205. The van der Waals surface area contributed by atoms with E-state index in [9.17, 15) is 9.59 Å². The molecule has 1 unspecified atom stereocenters. The van der Waals surface area contributed by atoms with Crippen LogP contribution in [0.25, 0.3) is 21.5 Å². The Bertz CT molecular complexity index is 1240. The number of alkyl halides is 1. The molecule has 0 saturated carbocycles. The van der Waals surface area contributed by atoms with Crippen molar-refractivity contribution in [2.45, 2.75) is 11.2 Å². The van der Waals surface area contributed by atoms with Crippen LogP contribution < -0.4 is 5.73 Å². The van der Waals surface area contributed by atoms with Crippen molar-refractivity contribution in [2.24, 2.45) is 0 Å². The molecule has 176 valence electrons. The van der Waals surface area contributed by atoms with Crippen LogP contribution in [0.5, 0.6) is 0 Å². The molecule has 0 radical (unpaired) electrons. The minimum absolute atomic E-state index is 0.238. The van der Waals surface area contributed by atoms with E-state index in [0.29, 0.717) is 6.42 Å². The molecule has 0 aromatic heterocycles. The predicted octanol–water partition coefficient (Wildman–Crippen LogP) is 6.09. The average Bonchev–Trinajstić information content (AvgIpc) is 2.89. The molecule has 0 spiro atoms. The van der Waals surface area contributed by atoms with Crippen LogP contribution in [-0.2, 0) is 25.5 Å². The number of benzene rings is 4. The van der Waals surface area contributed by atoms with Gasteiger partial charge in [0.2, 0.25) is 0 Å². The summed E-state index contributed by atoms with van der Waals surface area (Å²) in [6, 6.07) is 28.3. The Morgan fingerprint density at radius 1 is 0.853 bits per heavy atom. The SMILES string of the molecule is C=CC(=O)OC.COC(=O)C(Br)Cc1cccc2ccccc12.Nc1cccc2ccccc12. The van der Waals surface area contributed by atoms with E-state index in [1.165, 1.54) is 30.4 Å². The lowest BCUT2D eigenvalue weighted by atomic mass is 10.0. The molecule has 5 nitrogen and oxygen atoms in total.